The first-order chi connectivity index (χ1) is 9.69. The predicted octanol–water partition coefficient (Wildman–Crippen LogP) is 3.09. The van der Waals surface area contributed by atoms with Gasteiger partial charge in [-0.2, -0.15) is 5.26 Å². The van der Waals surface area contributed by atoms with Gasteiger partial charge in [0.1, 0.15) is 5.75 Å². The van der Waals surface area contributed by atoms with E-state index in [9.17, 15) is 9.90 Å². The Balaban J connectivity index is 2.02. The highest BCUT2D eigenvalue weighted by Crippen LogP contribution is 2.33. The maximum Gasteiger partial charge on any atom is 0.189 e. The van der Waals surface area contributed by atoms with E-state index in [1.165, 1.54) is 0 Å². The number of Topliss-reactive ketones (excluding diaryl/α,β-unsaturated/α-hetero) is 1. The molecule has 3 rings (SSSR count). The first-order valence-corrected chi connectivity index (χ1v) is 6.25. The van der Waals surface area contributed by atoms with Gasteiger partial charge in [-0.3, -0.25) is 4.79 Å². The summed E-state index contributed by atoms with van der Waals surface area (Å²) >= 11 is 0. The molecule has 1 aliphatic carbocycles. The summed E-state index contributed by atoms with van der Waals surface area (Å²) in [5, 5.41) is 18.7. The molecular weight excluding hydrogens is 250 g/mol. The quantitative estimate of drug-likeness (QED) is 0.802. The molecule has 3 heteroatoms. The lowest BCUT2D eigenvalue weighted by Crippen LogP contribution is -1.95. The molecule has 0 saturated carbocycles. The molecule has 3 nitrogen and oxygen atoms in total. The molecule has 96 valence electrons. The second-order valence-electron chi connectivity index (χ2n) is 4.72. The van der Waals surface area contributed by atoms with Crippen LogP contribution in [0.2, 0.25) is 0 Å². The van der Waals surface area contributed by atoms with E-state index < -0.39 is 0 Å². The lowest BCUT2D eigenvalue weighted by molar-refractivity contribution is 0.104. The van der Waals surface area contributed by atoms with Crippen LogP contribution in [0.5, 0.6) is 5.75 Å². The molecule has 0 radical (unpaired) electrons. The average molecular weight is 261 g/mol. The zero-order chi connectivity index (χ0) is 14.1. The van der Waals surface area contributed by atoms with Crippen LogP contribution < -0.4 is 0 Å². The number of phenols is 1. The van der Waals surface area contributed by atoms with Crippen LogP contribution in [0.25, 0.3) is 6.08 Å². The fourth-order valence-corrected chi connectivity index (χ4v) is 2.43. The number of phenolic OH excluding ortho intramolecular Hbond substituents is 1. The van der Waals surface area contributed by atoms with Gasteiger partial charge in [0, 0.05) is 23.1 Å². The Morgan fingerprint density at radius 3 is 2.75 bits per heavy atom. The van der Waals surface area contributed by atoms with E-state index in [0.717, 1.165) is 5.56 Å². The van der Waals surface area contributed by atoms with E-state index in [-0.39, 0.29) is 11.5 Å². The number of nitriles is 1. The van der Waals surface area contributed by atoms with E-state index in [0.29, 0.717) is 28.7 Å². The SMILES string of the molecule is N#Cc1cccc(/C=C2/Cc3c(O)cccc3C2=O)c1. The van der Waals surface area contributed by atoms with Gasteiger partial charge in [0.25, 0.3) is 0 Å². The summed E-state index contributed by atoms with van der Waals surface area (Å²) in [4.78, 5) is 12.3. The van der Waals surface area contributed by atoms with Crippen LogP contribution in [0.3, 0.4) is 0 Å². The molecule has 0 saturated heterocycles. The molecule has 0 unspecified atom stereocenters. The molecule has 2 aromatic rings. The van der Waals surface area contributed by atoms with Crippen molar-refractivity contribution in [3.05, 3.63) is 70.3 Å². The Bertz CT molecular complexity index is 782. The van der Waals surface area contributed by atoms with E-state index in [1.54, 1.807) is 42.5 Å². The van der Waals surface area contributed by atoms with Crippen molar-refractivity contribution in [3.63, 3.8) is 0 Å². The summed E-state index contributed by atoms with van der Waals surface area (Å²) in [7, 11) is 0. The van der Waals surface area contributed by atoms with Crippen molar-refractivity contribution in [1.82, 2.24) is 0 Å². The minimum Gasteiger partial charge on any atom is -0.508 e. The van der Waals surface area contributed by atoms with Gasteiger partial charge in [0.2, 0.25) is 0 Å². The first-order valence-electron chi connectivity index (χ1n) is 6.25. The first kappa shape index (κ1) is 12.2. The van der Waals surface area contributed by atoms with Gasteiger partial charge >= 0.3 is 0 Å². The van der Waals surface area contributed by atoms with Crippen LogP contribution in [0.15, 0.2) is 48.0 Å². The monoisotopic (exact) mass is 261 g/mol. The number of aromatic hydroxyl groups is 1. The van der Waals surface area contributed by atoms with Crippen LogP contribution in [-0.2, 0) is 6.42 Å². The molecule has 20 heavy (non-hydrogen) atoms. The smallest absolute Gasteiger partial charge is 0.189 e. The minimum atomic E-state index is -0.0572. The molecule has 0 heterocycles. The largest absolute Gasteiger partial charge is 0.508 e. The van der Waals surface area contributed by atoms with Gasteiger partial charge in [-0.25, -0.2) is 0 Å². The molecule has 0 aromatic heterocycles. The topological polar surface area (TPSA) is 61.1 Å². The Morgan fingerprint density at radius 1 is 1.20 bits per heavy atom. The van der Waals surface area contributed by atoms with Crippen molar-refractivity contribution in [2.45, 2.75) is 6.42 Å². The lowest BCUT2D eigenvalue weighted by Gasteiger charge is -1.98. The Hall–Kier alpha value is -2.86. The number of allylic oxidation sites excluding steroid dienone is 1. The van der Waals surface area contributed by atoms with Crippen LogP contribution in [-0.4, -0.2) is 10.9 Å². The molecule has 1 N–H and O–H groups in total. The lowest BCUT2D eigenvalue weighted by atomic mass is 10.1. The van der Waals surface area contributed by atoms with Crippen molar-refractivity contribution in [2.75, 3.05) is 0 Å². The third kappa shape index (κ3) is 1.98. The Morgan fingerprint density at radius 2 is 2.00 bits per heavy atom. The van der Waals surface area contributed by atoms with Gasteiger partial charge in [0.15, 0.2) is 5.78 Å². The zero-order valence-electron chi connectivity index (χ0n) is 10.6. The molecule has 0 bridgehead atoms. The summed E-state index contributed by atoms with van der Waals surface area (Å²) in [5.74, 6) is 0.100. The standard InChI is InChI=1S/C17H11NO2/c18-10-12-4-1-3-11(7-12)8-13-9-15-14(17(13)20)5-2-6-16(15)19/h1-8,19H,9H2/b13-8-. The third-order valence-corrected chi connectivity index (χ3v) is 3.41. The summed E-state index contributed by atoms with van der Waals surface area (Å²) < 4.78 is 0. The summed E-state index contributed by atoms with van der Waals surface area (Å²) in [5.41, 5.74) is 3.26. The highest BCUT2D eigenvalue weighted by molar-refractivity contribution is 6.16. The third-order valence-electron chi connectivity index (χ3n) is 3.41. The van der Waals surface area contributed by atoms with Crippen molar-refractivity contribution >= 4 is 11.9 Å². The van der Waals surface area contributed by atoms with Crippen molar-refractivity contribution in [1.29, 1.82) is 5.26 Å². The number of rotatable bonds is 1. The highest BCUT2D eigenvalue weighted by Gasteiger charge is 2.26. The number of ketones is 1. The zero-order valence-corrected chi connectivity index (χ0v) is 10.6. The van der Waals surface area contributed by atoms with Gasteiger partial charge in [-0.15, -0.1) is 0 Å². The summed E-state index contributed by atoms with van der Waals surface area (Å²) in [6, 6.07) is 14.2. The predicted molar refractivity (Wildman–Crippen MR) is 75.3 cm³/mol. The summed E-state index contributed by atoms with van der Waals surface area (Å²) in [6.45, 7) is 0. The minimum absolute atomic E-state index is 0.0572. The van der Waals surface area contributed by atoms with Gasteiger partial charge < -0.3 is 5.11 Å². The average Bonchev–Trinajstić information content (AvgIpc) is 2.78. The Labute approximate surface area is 116 Å². The van der Waals surface area contributed by atoms with Gasteiger partial charge in [0.05, 0.1) is 11.6 Å². The Kier molecular flexibility index (Phi) is 2.85. The normalized spacial score (nSPS) is 15.2. The van der Waals surface area contributed by atoms with Crippen molar-refractivity contribution in [3.8, 4) is 11.8 Å². The van der Waals surface area contributed by atoms with Crippen LogP contribution >= 0.6 is 0 Å². The number of hydrogen-bond donors (Lipinski definition) is 1. The molecule has 0 amide bonds. The fraction of sp³-hybridized carbons (Fsp3) is 0.0588. The molecule has 0 aliphatic heterocycles. The maximum absolute atomic E-state index is 12.3. The number of hydrogen-bond acceptors (Lipinski definition) is 3. The van der Waals surface area contributed by atoms with E-state index in [4.69, 9.17) is 5.26 Å². The number of fused-ring (bicyclic) bond motifs is 1. The molecule has 1 aliphatic rings. The van der Waals surface area contributed by atoms with Crippen LogP contribution in [0.1, 0.15) is 27.0 Å². The number of carbonyl (C=O) groups excluding carboxylic acids is 1. The van der Waals surface area contributed by atoms with E-state index >= 15 is 0 Å². The highest BCUT2D eigenvalue weighted by atomic mass is 16.3. The maximum atomic E-state index is 12.3. The molecule has 0 fully saturated rings. The molecule has 0 spiro atoms. The van der Waals surface area contributed by atoms with Gasteiger partial charge in [-0.1, -0.05) is 24.3 Å². The fourth-order valence-electron chi connectivity index (χ4n) is 2.43. The van der Waals surface area contributed by atoms with Gasteiger partial charge in [-0.05, 0) is 29.8 Å². The van der Waals surface area contributed by atoms with Crippen molar-refractivity contribution < 1.29 is 9.90 Å². The van der Waals surface area contributed by atoms with Crippen LogP contribution in [0, 0.1) is 11.3 Å². The molecule has 2 aromatic carbocycles. The molecular formula is C17H11NO2. The van der Waals surface area contributed by atoms with E-state index in [1.807, 2.05) is 6.07 Å². The second kappa shape index (κ2) is 4.67. The number of carbonyl (C=O) groups is 1. The van der Waals surface area contributed by atoms with Crippen molar-refractivity contribution in [2.24, 2.45) is 0 Å². The number of nitrogens with zero attached hydrogens (tertiary/aromatic N) is 1. The second-order valence-corrected chi connectivity index (χ2v) is 4.72. The van der Waals surface area contributed by atoms with E-state index in [2.05, 4.69) is 6.07 Å². The van der Waals surface area contributed by atoms with Crippen LogP contribution in [0.4, 0.5) is 0 Å². The number of benzene rings is 2. The molecule has 0 atom stereocenters. The summed E-state index contributed by atoms with van der Waals surface area (Å²) in [6.07, 6.45) is 2.21.